The highest BCUT2D eigenvalue weighted by Gasteiger charge is 2.26. The van der Waals surface area contributed by atoms with Gasteiger partial charge in [0.1, 0.15) is 6.60 Å². The summed E-state index contributed by atoms with van der Waals surface area (Å²) in [7, 11) is 0. The lowest BCUT2D eigenvalue weighted by Crippen LogP contribution is -2.48. The molecule has 0 saturated carbocycles. The van der Waals surface area contributed by atoms with Crippen LogP contribution in [0, 0.1) is 0 Å². The SMILES string of the molecule is CB(C)B([B]Br)B(C)CBr. The first-order valence-electron chi connectivity index (χ1n) is 3.63. The largest absolute Gasteiger partial charge is 0.178 e. The summed E-state index contributed by atoms with van der Waals surface area (Å²) >= 11 is 6.90. The molecule has 10 heavy (non-hydrogen) atoms. The van der Waals surface area contributed by atoms with E-state index in [2.05, 4.69) is 58.2 Å². The molecule has 0 N–H and O–H groups in total. The molecule has 0 bridgehead atoms. The summed E-state index contributed by atoms with van der Waals surface area (Å²) in [6.07, 6.45) is 0.680. The van der Waals surface area contributed by atoms with Gasteiger partial charge >= 0.3 is 0 Å². The zero-order valence-electron chi connectivity index (χ0n) is 6.77. The Morgan fingerprint density at radius 2 is 1.80 bits per heavy atom. The van der Waals surface area contributed by atoms with Crippen molar-refractivity contribution in [3.8, 4) is 0 Å². The van der Waals surface area contributed by atoms with Gasteiger partial charge in [0, 0.05) is 0 Å². The molecule has 0 atom stereocenters. The van der Waals surface area contributed by atoms with Gasteiger partial charge in [0.2, 0.25) is 0 Å². The second-order valence-electron chi connectivity index (χ2n) is 3.08. The van der Waals surface area contributed by atoms with Gasteiger partial charge in [-0.25, -0.2) is 0 Å². The van der Waals surface area contributed by atoms with Crippen LogP contribution in [0.3, 0.4) is 0 Å². The molecule has 0 unspecified atom stereocenters. The molecule has 0 amide bonds. The van der Waals surface area contributed by atoms with E-state index < -0.39 is 0 Å². The van der Waals surface area contributed by atoms with Crippen molar-refractivity contribution in [3.63, 3.8) is 0 Å². The average Bonchev–Trinajstić information content (AvgIpc) is 1.88. The predicted molar refractivity (Wildman–Crippen MR) is 63.3 cm³/mol. The number of alkyl halides is 1. The van der Waals surface area contributed by atoms with Crippen LogP contribution < -0.4 is 0 Å². The maximum atomic E-state index is 3.48. The normalized spacial score (nSPS) is 8.90. The van der Waals surface area contributed by atoms with Crippen molar-refractivity contribution in [1.82, 2.24) is 0 Å². The quantitative estimate of drug-likeness (QED) is 0.536. The molecule has 0 fully saturated rings. The molecular weight excluding hydrogens is 251 g/mol. The van der Waals surface area contributed by atoms with Crippen LogP contribution >= 0.6 is 31.7 Å². The van der Waals surface area contributed by atoms with Gasteiger partial charge in [0.05, 0.1) is 13.0 Å². The summed E-state index contributed by atoms with van der Waals surface area (Å²) < 4.78 is 0. The summed E-state index contributed by atoms with van der Waals surface area (Å²) in [5, 5.41) is 1.08. The van der Waals surface area contributed by atoms with Gasteiger partial charge in [0.25, 0.3) is 0 Å². The van der Waals surface area contributed by atoms with Crippen LogP contribution in [0.15, 0.2) is 0 Å². The van der Waals surface area contributed by atoms with Crippen molar-refractivity contribution in [1.29, 1.82) is 0 Å². The van der Waals surface area contributed by atoms with Gasteiger partial charge in [-0.15, -0.1) is 15.9 Å². The summed E-state index contributed by atoms with van der Waals surface area (Å²) in [5.74, 6) is 2.13. The predicted octanol–water partition coefficient (Wildman–Crippen LogP) is 1.96. The molecular formula is C4H11B4Br2. The van der Waals surface area contributed by atoms with E-state index in [1.165, 1.54) is 0 Å². The molecule has 53 valence electrons. The molecule has 6 heteroatoms. The maximum Gasteiger partial charge on any atom is 0.151 e. The molecule has 0 heterocycles. The Kier molecular flexibility index (Phi) is 6.53. The monoisotopic (exact) mass is 261 g/mol. The van der Waals surface area contributed by atoms with E-state index in [-0.39, 0.29) is 0 Å². The minimum Gasteiger partial charge on any atom is -0.178 e. The second-order valence-corrected chi connectivity index (χ2v) is 4.26. The van der Waals surface area contributed by atoms with Gasteiger partial charge < -0.3 is 0 Å². The van der Waals surface area contributed by atoms with Crippen LogP contribution in [0.5, 0.6) is 0 Å². The zero-order valence-corrected chi connectivity index (χ0v) is 9.94. The minimum absolute atomic E-state index is 0.680. The highest BCUT2D eigenvalue weighted by Crippen LogP contribution is 2.01. The van der Waals surface area contributed by atoms with E-state index in [1.807, 2.05) is 0 Å². The lowest BCUT2D eigenvalue weighted by atomic mass is 8.83. The van der Waals surface area contributed by atoms with Crippen LogP contribution in [0.1, 0.15) is 0 Å². The van der Waals surface area contributed by atoms with Gasteiger partial charge in [-0.05, 0) is 5.23 Å². The van der Waals surface area contributed by atoms with E-state index in [1.54, 1.807) is 0 Å². The third-order valence-electron chi connectivity index (χ3n) is 1.82. The Balaban J connectivity index is 3.80. The fraction of sp³-hybridized carbons (Fsp3) is 1.00. The second kappa shape index (κ2) is 5.82. The molecule has 0 aliphatic carbocycles. The van der Waals surface area contributed by atoms with Crippen molar-refractivity contribution in [2.75, 3.05) is 5.23 Å². The first-order valence-corrected chi connectivity index (χ1v) is 5.66. The highest BCUT2D eigenvalue weighted by molar-refractivity contribution is 9.25. The highest BCUT2D eigenvalue weighted by atomic mass is 79.9. The number of rotatable bonds is 4. The molecule has 1 radical (unpaired) electrons. The lowest BCUT2D eigenvalue weighted by molar-refractivity contribution is 2.03. The van der Waals surface area contributed by atoms with E-state index in [4.69, 9.17) is 0 Å². The summed E-state index contributed by atoms with van der Waals surface area (Å²) in [6, 6.07) is 0. The van der Waals surface area contributed by atoms with Gasteiger partial charge in [-0.3, -0.25) is 0 Å². The van der Waals surface area contributed by atoms with Gasteiger partial charge in [0.15, 0.2) is 5.99 Å². The standard InChI is InChI=1S/C4H11B4Br2/c1-6(2)8(5-10)7(3)4-9/h4H2,1-3H3. The van der Waals surface area contributed by atoms with Crippen molar-refractivity contribution in [3.05, 3.63) is 0 Å². The smallest absolute Gasteiger partial charge is 0.151 e. The minimum atomic E-state index is 0.680. The molecule has 0 aliphatic rings. The maximum absolute atomic E-state index is 3.48. The fourth-order valence-corrected chi connectivity index (χ4v) is 2.59. The van der Waals surface area contributed by atoms with Crippen molar-refractivity contribution in [2.45, 2.75) is 20.5 Å². The lowest BCUT2D eigenvalue weighted by Gasteiger charge is -2.15. The third-order valence-corrected chi connectivity index (χ3v) is 3.45. The van der Waals surface area contributed by atoms with Crippen molar-refractivity contribution >= 4 is 57.3 Å². The average molecular weight is 262 g/mol. The first kappa shape index (κ1) is 11.2. The molecule has 0 saturated heterocycles. The Morgan fingerprint density at radius 3 is 1.90 bits per heavy atom. The topological polar surface area (TPSA) is 0 Å². The van der Waals surface area contributed by atoms with Gasteiger partial charge in [-0.1, -0.05) is 20.5 Å². The summed E-state index contributed by atoms with van der Waals surface area (Å²) in [4.78, 5) is 0. The molecule has 0 spiro atoms. The molecule has 0 aromatic rings. The summed E-state index contributed by atoms with van der Waals surface area (Å²) in [6.45, 7) is 8.21. The Bertz CT molecular complexity index is 89.3. The molecule has 0 aliphatic heterocycles. The Morgan fingerprint density at radius 1 is 1.30 bits per heavy atom. The van der Waals surface area contributed by atoms with E-state index in [0.29, 0.717) is 6.39 Å². The van der Waals surface area contributed by atoms with Crippen LogP contribution in [0.4, 0.5) is 0 Å². The molecule has 0 nitrogen and oxygen atoms in total. The number of hydrogen-bond donors (Lipinski definition) is 0. The first-order chi connectivity index (χ1) is 4.63. The Hall–Kier alpha value is 1.22. The van der Waals surface area contributed by atoms with Crippen LogP contribution in [0.25, 0.3) is 0 Å². The molecule has 0 aromatic carbocycles. The van der Waals surface area contributed by atoms with Crippen LogP contribution in [0.2, 0.25) is 20.5 Å². The van der Waals surface area contributed by atoms with Crippen molar-refractivity contribution in [2.24, 2.45) is 0 Å². The number of hydrogen-bond acceptors (Lipinski definition) is 0. The van der Waals surface area contributed by atoms with E-state index >= 15 is 0 Å². The summed E-state index contributed by atoms with van der Waals surface area (Å²) in [5.41, 5.74) is 0. The molecule has 0 rings (SSSR count). The van der Waals surface area contributed by atoms with Crippen LogP contribution in [-0.2, 0) is 0 Å². The Labute approximate surface area is 82.8 Å². The fourth-order valence-electron chi connectivity index (χ4n) is 1.03. The third kappa shape index (κ3) is 3.56. The van der Waals surface area contributed by atoms with E-state index in [9.17, 15) is 0 Å². The zero-order chi connectivity index (χ0) is 8.15. The molecule has 0 aromatic heterocycles. The number of halogens is 2. The van der Waals surface area contributed by atoms with Gasteiger partial charge in [-0.2, -0.15) is 15.8 Å². The van der Waals surface area contributed by atoms with Crippen LogP contribution in [-0.4, -0.2) is 30.8 Å². The van der Waals surface area contributed by atoms with Crippen molar-refractivity contribution < 1.29 is 0 Å². The van der Waals surface area contributed by atoms with E-state index in [0.717, 1.165) is 18.4 Å².